The van der Waals surface area contributed by atoms with Crippen molar-refractivity contribution < 1.29 is 13.9 Å². The summed E-state index contributed by atoms with van der Waals surface area (Å²) in [6.45, 7) is 1.90. The number of aryl methyl sites for hydroxylation is 1. The Morgan fingerprint density at radius 2 is 2.05 bits per heavy atom. The molecule has 0 saturated heterocycles. The summed E-state index contributed by atoms with van der Waals surface area (Å²) < 4.78 is 10.8. The van der Waals surface area contributed by atoms with Crippen LogP contribution in [-0.4, -0.2) is 13.0 Å². The second-order valence-corrected chi connectivity index (χ2v) is 5.31. The van der Waals surface area contributed by atoms with Gasteiger partial charge in [0.25, 0.3) is 5.91 Å². The van der Waals surface area contributed by atoms with E-state index in [1.807, 2.05) is 25.1 Å². The average molecular weight is 316 g/mol. The molecule has 0 aliphatic heterocycles. The van der Waals surface area contributed by atoms with Crippen molar-refractivity contribution in [1.29, 1.82) is 0 Å². The van der Waals surface area contributed by atoms with E-state index < -0.39 is 0 Å². The predicted octanol–water partition coefficient (Wildman–Crippen LogP) is 4.66. The lowest BCUT2D eigenvalue weighted by atomic mass is 10.2. The van der Waals surface area contributed by atoms with Gasteiger partial charge in [0.05, 0.1) is 7.11 Å². The highest BCUT2D eigenvalue weighted by molar-refractivity contribution is 6.31. The first-order valence-electron chi connectivity index (χ1n) is 6.72. The fourth-order valence-electron chi connectivity index (χ4n) is 2.17. The molecule has 22 heavy (non-hydrogen) atoms. The third kappa shape index (κ3) is 2.65. The Morgan fingerprint density at radius 1 is 1.23 bits per heavy atom. The predicted molar refractivity (Wildman–Crippen MR) is 86.9 cm³/mol. The minimum absolute atomic E-state index is 0.219. The largest absolute Gasteiger partial charge is 0.493 e. The molecule has 1 heterocycles. The Morgan fingerprint density at radius 3 is 2.77 bits per heavy atom. The maximum atomic E-state index is 12.3. The summed E-state index contributed by atoms with van der Waals surface area (Å²) in [7, 11) is 1.56. The van der Waals surface area contributed by atoms with E-state index in [0.29, 0.717) is 22.0 Å². The van der Waals surface area contributed by atoms with Crippen molar-refractivity contribution in [2.24, 2.45) is 0 Å². The van der Waals surface area contributed by atoms with Gasteiger partial charge in [-0.15, -0.1) is 0 Å². The van der Waals surface area contributed by atoms with Gasteiger partial charge in [-0.25, -0.2) is 0 Å². The molecule has 0 radical (unpaired) electrons. The first-order chi connectivity index (χ1) is 10.6. The number of halogens is 1. The van der Waals surface area contributed by atoms with Gasteiger partial charge in [-0.2, -0.15) is 0 Å². The standard InChI is InChI=1S/C17H14ClNO3/c1-10-6-7-12(9-13(10)18)19-17(20)15-8-11-4-3-5-14(21-2)16(11)22-15/h3-9H,1-2H3,(H,19,20). The van der Waals surface area contributed by atoms with Crippen LogP contribution in [0.2, 0.25) is 5.02 Å². The molecule has 0 fully saturated rings. The molecule has 1 N–H and O–H groups in total. The first kappa shape index (κ1) is 14.5. The summed E-state index contributed by atoms with van der Waals surface area (Å²) in [5, 5.41) is 4.18. The minimum Gasteiger partial charge on any atom is -0.493 e. The summed E-state index contributed by atoms with van der Waals surface area (Å²) in [4.78, 5) is 12.3. The van der Waals surface area contributed by atoms with Gasteiger partial charge in [0.15, 0.2) is 17.1 Å². The summed E-state index contributed by atoms with van der Waals surface area (Å²) in [6.07, 6.45) is 0. The molecular weight excluding hydrogens is 302 g/mol. The lowest BCUT2D eigenvalue weighted by Gasteiger charge is -2.05. The molecule has 0 spiro atoms. The minimum atomic E-state index is -0.335. The quantitative estimate of drug-likeness (QED) is 0.765. The van der Waals surface area contributed by atoms with Crippen molar-refractivity contribution in [3.05, 3.63) is 58.8 Å². The monoisotopic (exact) mass is 315 g/mol. The maximum Gasteiger partial charge on any atom is 0.291 e. The van der Waals surface area contributed by atoms with Crippen LogP contribution in [0.25, 0.3) is 11.0 Å². The van der Waals surface area contributed by atoms with Crippen molar-refractivity contribution in [2.75, 3.05) is 12.4 Å². The van der Waals surface area contributed by atoms with Gasteiger partial charge in [0.1, 0.15) is 0 Å². The van der Waals surface area contributed by atoms with Crippen molar-refractivity contribution in [2.45, 2.75) is 6.92 Å². The molecule has 0 saturated carbocycles. The van der Waals surface area contributed by atoms with E-state index in [1.165, 1.54) is 0 Å². The molecule has 5 heteroatoms. The number of nitrogens with one attached hydrogen (secondary N) is 1. The van der Waals surface area contributed by atoms with Gasteiger partial charge in [0.2, 0.25) is 0 Å². The Labute approximate surface area is 132 Å². The molecule has 0 bridgehead atoms. The lowest BCUT2D eigenvalue weighted by Crippen LogP contribution is -2.10. The number of benzene rings is 2. The number of hydrogen-bond donors (Lipinski definition) is 1. The van der Waals surface area contributed by atoms with Gasteiger partial charge in [0, 0.05) is 16.1 Å². The number of ether oxygens (including phenoxy) is 1. The number of methoxy groups -OCH3 is 1. The van der Waals surface area contributed by atoms with Crippen LogP contribution in [0.15, 0.2) is 46.9 Å². The SMILES string of the molecule is COc1cccc2cc(C(=O)Nc3ccc(C)c(Cl)c3)oc12. The fraction of sp³-hybridized carbons (Fsp3) is 0.118. The number of fused-ring (bicyclic) bond motifs is 1. The van der Waals surface area contributed by atoms with Gasteiger partial charge in [-0.3, -0.25) is 4.79 Å². The van der Waals surface area contributed by atoms with Gasteiger partial charge in [-0.1, -0.05) is 29.8 Å². The van der Waals surface area contributed by atoms with Crippen LogP contribution in [0.1, 0.15) is 16.1 Å². The van der Waals surface area contributed by atoms with E-state index in [-0.39, 0.29) is 11.7 Å². The highest BCUT2D eigenvalue weighted by Crippen LogP contribution is 2.29. The van der Waals surface area contributed by atoms with Gasteiger partial charge < -0.3 is 14.5 Å². The summed E-state index contributed by atoms with van der Waals surface area (Å²) >= 11 is 6.06. The van der Waals surface area contributed by atoms with Crippen molar-refractivity contribution >= 4 is 34.2 Å². The summed E-state index contributed by atoms with van der Waals surface area (Å²) in [5.41, 5.74) is 2.12. The lowest BCUT2D eigenvalue weighted by molar-refractivity contribution is 0.0998. The molecule has 112 valence electrons. The maximum absolute atomic E-state index is 12.3. The van der Waals surface area contributed by atoms with Crippen LogP contribution in [0.3, 0.4) is 0 Å². The van der Waals surface area contributed by atoms with Crippen LogP contribution >= 0.6 is 11.6 Å². The van der Waals surface area contributed by atoms with E-state index in [0.717, 1.165) is 10.9 Å². The number of carbonyl (C=O) groups excluding carboxylic acids is 1. The molecule has 0 unspecified atom stereocenters. The number of para-hydroxylation sites is 1. The Balaban J connectivity index is 1.90. The highest BCUT2D eigenvalue weighted by atomic mass is 35.5. The Hall–Kier alpha value is -2.46. The Kier molecular flexibility index (Phi) is 3.77. The number of anilines is 1. The summed E-state index contributed by atoms with van der Waals surface area (Å²) in [6, 6.07) is 12.5. The van der Waals surface area contributed by atoms with Crippen LogP contribution in [0.4, 0.5) is 5.69 Å². The van der Waals surface area contributed by atoms with E-state index >= 15 is 0 Å². The topological polar surface area (TPSA) is 51.5 Å². The van der Waals surface area contributed by atoms with Crippen molar-refractivity contribution in [3.8, 4) is 5.75 Å². The normalized spacial score (nSPS) is 10.7. The third-order valence-electron chi connectivity index (χ3n) is 3.38. The third-order valence-corrected chi connectivity index (χ3v) is 3.79. The zero-order chi connectivity index (χ0) is 15.7. The van der Waals surface area contributed by atoms with Crippen molar-refractivity contribution in [3.63, 3.8) is 0 Å². The zero-order valence-electron chi connectivity index (χ0n) is 12.1. The van der Waals surface area contributed by atoms with Crippen LogP contribution in [0.5, 0.6) is 5.75 Å². The van der Waals surface area contributed by atoms with Crippen LogP contribution < -0.4 is 10.1 Å². The number of hydrogen-bond acceptors (Lipinski definition) is 3. The fourth-order valence-corrected chi connectivity index (χ4v) is 2.35. The highest BCUT2D eigenvalue weighted by Gasteiger charge is 2.15. The molecule has 2 aromatic carbocycles. The van der Waals surface area contributed by atoms with Gasteiger partial charge in [-0.05, 0) is 36.8 Å². The number of amides is 1. The van der Waals surface area contributed by atoms with Crippen LogP contribution in [0, 0.1) is 6.92 Å². The van der Waals surface area contributed by atoms with E-state index in [4.69, 9.17) is 20.8 Å². The number of rotatable bonds is 3. The number of furan rings is 1. The van der Waals surface area contributed by atoms with E-state index in [2.05, 4.69) is 5.32 Å². The zero-order valence-corrected chi connectivity index (χ0v) is 12.9. The smallest absolute Gasteiger partial charge is 0.291 e. The molecule has 1 amide bonds. The van der Waals surface area contributed by atoms with E-state index in [1.54, 1.807) is 31.4 Å². The molecule has 0 atom stereocenters. The molecule has 4 nitrogen and oxygen atoms in total. The van der Waals surface area contributed by atoms with Crippen LogP contribution in [-0.2, 0) is 0 Å². The Bertz CT molecular complexity index is 854. The summed E-state index contributed by atoms with van der Waals surface area (Å²) in [5.74, 6) is 0.476. The number of carbonyl (C=O) groups is 1. The second kappa shape index (κ2) is 5.73. The average Bonchev–Trinajstić information content (AvgIpc) is 2.95. The first-order valence-corrected chi connectivity index (χ1v) is 7.10. The second-order valence-electron chi connectivity index (χ2n) is 4.91. The van der Waals surface area contributed by atoms with Crippen molar-refractivity contribution in [1.82, 2.24) is 0 Å². The van der Waals surface area contributed by atoms with E-state index in [9.17, 15) is 4.79 Å². The molecular formula is C17H14ClNO3. The molecule has 3 rings (SSSR count). The van der Waals surface area contributed by atoms with Gasteiger partial charge >= 0.3 is 0 Å². The molecule has 0 aliphatic rings. The molecule has 1 aromatic heterocycles. The molecule has 3 aromatic rings. The molecule has 0 aliphatic carbocycles.